The molecule has 100 valence electrons. The summed E-state index contributed by atoms with van der Waals surface area (Å²) in [6.07, 6.45) is 0.163. The molecule has 0 aliphatic heterocycles. The van der Waals surface area contributed by atoms with Gasteiger partial charge in [0, 0.05) is 11.1 Å². The minimum absolute atomic E-state index is 0.163. The maximum Gasteiger partial charge on any atom is 0.304 e. The van der Waals surface area contributed by atoms with Gasteiger partial charge >= 0.3 is 5.97 Å². The van der Waals surface area contributed by atoms with Crippen LogP contribution in [0.25, 0.3) is 10.9 Å². The van der Waals surface area contributed by atoms with Gasteiger partial charge in [-0.15, -0.1) is 11.8 Å². The third-order valence-corrected chi connectivity index (χ3v) is 4.17. The van der Waals surface area contributed by atoms with Crippen molar-refractivity contribution in [3.05, 3.63) is 34.9 Å². The number of hydrogen-bond donors (Lipinski definition) is 1. The first kappa shape index (κ1) is 13.9. The van der Waals surface area contributed by atoms with E-state index in [1.165, 1.54) is 33.8 Å². The molecule has 0 aliphatic carbocycles. The number of nitrogens with zero attached hydrogens (tertiary/aromatic N) is 1. The van der Waals surface area contributed by atoms with Crippen LogP contribution in [0.2, 0.25) is 0 Å². The fourth-order valence-electron chi connectivity index (χ4n) is 1.99. The number of fused-ring (bicyclic) bond motifs is 1. The highest BCUT2D eigenvalue weighted by Crippen LogP contribution is 2.27. The molecule has 0 bridgehead atoms. The largest absolute Gasteiger partial charge is 0.481 e. The lowest BCUT2D eigenvalue weighted by Crippen LogP contribution is -1.97. The van der Waals surface area contributed by atoms with Gasteiger partial charge in [-0.3, -0.25) is 4.79 Å². The molecule has 19 heavy (non-hydrogen) atoms. The second-order valence-corrected chi connectivity index (χ2v) is 5.79. The van der Waals surface area contributed by atoms with E-state index in [0.717, 1.165) is 10.5 Å². The van der Waals surface area contributed by atoms with Gasteiger partial charge in [-0.2, -0.15) is 0 Å². The molecule has 1 aromatic carbocycles. The highest BCUT2D eigenvalue weighted by atomic mass is 32.2. The van der Waals surface area contributed by atoms with Crippen LogP contribution in [-0.2, 0) is 4.79 Å². The van der Waals surface area contributed by atoms with E-state index in [-0.39, 0.29) is 6.42 Å². The average Bonchev–Trinajstić information content (AvgIpc) is 2.34. The fourth-order valence-corrected chi connectivity index (χ4v) is 2.89. The Morgan fingerprint density at radius 3 is 2.68 bits per heavy atom. The summed E-state index contributed by atoms with van der Waals surface area (Å²) in [7, 11) is 0. The van der Waals surface area contributed by atoms with Crippen molar-refractivity contribution in [3.8, 4) is 0 Å². The minimum atomic E-state index is -0.767. The van der Waals surface area contributed by atoms with Gasteiger partial charge in [-0.25, -0.2) is 4.98 Å². The highest BCUT2D eigenvalue weighted by Gasteiger charge is 2.08. The Balaban J connectivity index is 2.37. The van der Waals surface area contributed by atoms with Crippen LogP contribution in [0.5, 0.6) is 0 Å². The van der Waals surface area contributed by atoms with Crippen LogP contribution in [0.1, 0.15) is 23.1 Å². The first-order valence-electron chi connectivity index (χ1n) is 6.21. The number of benzene rings is 1. The van der Waals surface area contributed by atoms with E-state index in [0.29, 0.717) is 5.75 Å². The van der Waals surface area contributed by atoms with Crippen LogP contribution in [0, 0.1) is 20.8 Å². The molecule has 0 amide bonds. The molecule has 2 rings (SSSR count). The Labute approximate surface area is 117 Å². The van der Waals surface area contributed by atoms with Crippen molar-refractivity contribution >= 4 is 28.6 Å². The van der Waals surface area contributed by atoms with Crippen LogP contribution in [0.3, 0.4) is 0 Å². The number of thioether (sulfide) groups is 1. The van der Waals surface area contributed by atoms with E-state index in [1.807, 2.05) is 6.07 Å². The van der Waals surface area contributed by atoms with Gasteiger partial charge in [0.2, 0.25) is 0 Å². The number of aliphatic carboxylic acids is 1. The van der Waals surface area contributed by atoms with Crippen molar-refractivity contribution in [1.29, 1.82) is 0 Å². The molecule has 1 aromatic heterocycles. The lowest BCUT2D eigenvalue weighted by molar-refractivity contribution is -0.136. The topological polar surface area (TPSA) is 50.2 Å². The maximum atomic E-state index is 10.5. The van der Waals surface area contributed by atoms with Crippen LogP contribution >= 0.6 is 11.8 Å². The smallest absolute Gasteiger partial charge is 0.304 e. The Kier molecular flexibility index (Phi) is 4.10. The third-order valence-electron chi connectivity index (χ3n) is 3.25. The van der Waals surface area contributed by atoms with E-state index >= 15 is 0 Å². The molecule has 0 radical (unpaired) electrons. The number of carboxylic acid groups (broad SMARTS) is 1. The molecule has 0 spiro atoms. The molecule has 0 unspecified atom stereocenters. The molecule has 0 saturated heterocycles. The zero-order valence-corrected chi connectivity index (χ0v) is 12.2. The van der Waals surface area contributed by atoms with Gasteiger partial charge in [-0.1, -0.05) is 12.1 Å². The number of hydrogen-bond acceptors (Lipinski definition) is 3. The molecule has 1 N–H and O–H groups in total. The van der Waals surface area contributed by atoms with E-state index in [1.54, 1.807) is 0 Å². The van der Waals surface area contributed by atoms with Gasteiger partial charge in [0.15, 0.2) is 0 Å². The van der Waals surface area contributed by atoms with Crippen LogP contribution in [0.4, 0.5) is 0 Å². The number of aryl methyl sites for hydroxylation is 3. The van der Waals surface area contributed by atoms with Crippen molar-refractivity contribution in [3.63, 3.8) is 0 Å². The average molecular weight is 275 g/mol. The summed E-state index contributed by atoms with van der Waals surface area (Å²) in [6, 6.07) is 6.25. The summed E-state index contributed by atoms with van der Waals surface area (Å²) in [5, 5.41) is 10.7. The zero-order chi connectivity index (χ0) is 14.0. The van der Waals surface area contributed by atoms with Crippen LogP contribution in [0.15, 0.2) is 23.2 Å². The van der Waals surface area contributed by atoms with Crippen molar-refractivity contribution in [2.24, 2.45) is 0 Å². The number of rotatable bonds is 4. The summed E-state index contributed by atoms with van der Waals surface area (Å²) in [6.45, 7) is 6.23. The zero-order valence-electron chi connectivity index (χ0n) is 11.4. The second kappa shape index (κ2) is 5.61. The summed E-state index contributed by atoms with van der Waals surface area (Å²) >= 11 is 1.50. The lowest BCUT2D eigenvalue weighted by atomic mass is 10.0. The second-order valence-electron chi connectivity index (χ2n) is 4.67. The molecular formula is C15H17NO2S. The fraction of sp³-hybridized carbons (Fsp3) is 0.333. The van der Waals surface area contributed by atoms with Gasteiger partial charge < -0.3 is 5.11 Å². The van der Waals surface area contributed by atoms with Gasteiger partial charge in [0.05, 0.1) is 17.0 Å². The normalized spacial score (nSPS) is 10.9. The molecule has 4 heteroatoms. The predicted octanol–water partition coefficient (Wildman–Crippen LogP) is 3.73. The first-order valence-corrected chi connectivity index (χ1v) is 7.19. The van der Waals surface area contributed by atoms with Gasteiger partial charge in [0.25, 0.3) is 0 Å². The Bertz CT molecular complexity index is 638. The number of pyridine rings is 1. The molecule has 0 fully saturated rings. The van der Waals surface area contributed by atoms with E-state index in [4.69, 9.17) is 5.11 Å². The minimum Gasteiger partial charge on any atom is -0.481 e. The predicted molar refractivity (Wildman–Crippen MR) is 78.9 cm³/mol. The van der Waals surface area contributed by atoms with Crippen LogP contribution < -0.4 is 0 Å². The van der Waals surface area contributed by atoms with Crippen molar-refractivity contribution in [2.45, 2.75) is 32.2 Å². The molecule has 0 atom stereocenters. The number of carbonyl (C=O) groups is 1. The maximum absolute atomic E-state index is 10.5. The van der Waals surface area contributed by atoms with Gasteiger partial charge in [-0.05, 0) is 43.5 Å². The monoisotopic (exact) mass is 275 g/mol. The molecule has 0 aliphatic rings. The van der Waals surface area contributed by atoms with E-state index in [2.05, 4.69) is 37.9 Å². The molecular weight excluding hydrogens is 258 g/mol. The van der Waals surface area contributed by atoms with Crippen molar-refractivity contribution in [1.82, 2.24) is 4.98 Å². The lowest BCUT2D eigenvalue weighted by Gasteiger charge is -2.09. The van der Waals surface area contributed by atoms with Gasteiger partial charge in [0.1, 0.15) is 0 Å². The summed E-state index contributed by atoms with van der Waals surface area (Å²) < 4.78 is 0. The summed E-state index contributed by atoms with van der Waals surface area (Å²) in [5.74, 6) is -0.213. The Morgan fingerprint density at radius 1 is 1.26 bits per heavy atom. The third kappa shape index (κ3) is 3.07. The number of carboxylic acids is 1. The Morgan fingerprint density at radius 2 is 2.00 bits per heavy atom. The quantitative estimate of drug-likeness (QED) is 0.864. The molecule has 1 heterocycles. The van der Waals surface area contributed by atoms with Crippen molar-refractivity contribution in [2.75, 3.05) is 5.75 Å². The number of aromatic nitrogens is 1. The van der Waals surface area contributed by atoms with Crippen LogP contribution in [-0.4, -0.2) is 21.8 Å². The summed E-state index contributed by atoms with van der Waals surface area (Å²) in [5.41, 5.74) is 4.64. The Hall–Kier alpha value is -1.55. The molecule has 2 aromatic rings. The van der Waals surface area contributed by atoms with E-state index < -0.39 is 5.97 Å². The molecule has 3 nitrogen and oxygen atoms in total. The first-order chi connectivity index (χ1) is 8.99. The van der Waals surface area contributed by atoms with E-state index in [9.17, 15) is 4.79 Å². The van der Waals surface area contributed by atoms with Crippen molar-refractivity contribution < 1.29 is 9.90 Å². The standard InChI is InChI=1S/C15H17NO2S/c1-9-4-5-12-10(2)8-13(16-15(12)11(9)3)19-7-6-14(17)18/h4-5,8H,6-7H2,1-3H3,(H,17,18). The summed E-state index contributed by atoms with van der Waals surface area (Å²) in [4.78, 5) is 15.2. The highest BCUT2D eigenvalue weighted by molar-refractivity contribution is 7.99. The molecule has 0 saturated carbocycles. The SMILES string of the molecule is Cc1ccc2c(C)cc(SCCC(=O)O)nc2c1C.